The van der Waals surface area contributed by atoms with Crippen LogP contribution in [0.2, 0.25) is 0 Å². The number of carbonyl (C=O) groups is 2. The molecule has 0 bridgehead atoms. The van der Waals surface area contributed by atoms with E-state index in [-0.39, 0.29) is 6.03 Å². The second-order valence-corrected chi connectivity index (χ2v) is 3.58. The van der Waals surface area contributed by atoms with Crippen LogP contribution in [-0.2, 0) is 9.53 Å². The molecule has 1 aromatic rings. The van der Waals surface area contributed by atoms with E-state index in [0.717, 1.165) is 0 Å². The highest BCUT2D eigenvalue weighted by molar-refractivity contribution is 5.94. The average Bonchev–Trinajstić information content (AvgIpc) is 2.80. The normalized spacial score (nSPS) is 19.6. The first-order valence-corrected chi connectivity index (χ1v) is 5.03. The molecular weight excluding hydrogens is 224 g/mol. The van der Waals surface area contributed by atoms with Crippen LogP contribution in [0.15, 0.2) is 34.1 Å². The van der Waals surface area contributed by atoms with E-state index in [4.69, 9.17) is 9.15 Å². The summed E-state index contributed by atoms with van der Waals surface area (Å²) in [5.74, 6) is -0.0176. The Morgan fingerprint density at radius 1 is 1.53 bits per heavy atom. The first kappa shape index (κ1) is 11.3. The lowest BCUT2D eigenvalue weighted by Gasteiger charge is -2.25. The summed E-state index contributed by atoms with van der Waals surface area (Å²) in [6, 6.07) is 2.38. The first-order chi connectivity index (χ1) is 8.13. The minimum Gasteiger partial charge on any atom is -0.467 e. The van der Waals surface area contributed by atoms with Gasteiger partial charge in [0.1, 0.15) is 11.8 Å². The fourth-order valence-corrected chi connectivity index (χ4v) is 1.74. The molecule has 1 aromatic heterocycles. The summed E-state index contributed by atoms with van der Waals surface area (Å²) in [6.45, 7) is 1.64. The van der Waals surface area contributed by atoms with Crippen LogP contribution >= 0.6 is 0 Å². The van der Waals surface area contributed by atoms with Gasteiger partial charge in [0.25, 0.3) is 0 Å². The summed E-state index contributed by atoms with van der Waals surface area (Å²) < 4.78 is 9.90. The smallest absolute Gasteiger partial charge is 0.338 e. The number of hydrogen-bond acceptors (Lipinski definition) is 4. The zero-order chi connectivity index (χ0) is 12.4. The van der Waals surface area contributed by atoms with Gasteiger partial charge >= 0.3 is 12.0 Å². The van der Waals surface area contributed by atoms with E-state index in [1.165, 1.54) is 13.4 Å². The van der Waals surface area contributed by atoms with Crippen LogP contribution in [0.5, 0.6) is 0 Å². The summed E-state index contributed by atoms with van der Waals surface area (Å²) in [7, 11) is 1.29. The van der Waals surface area contributed by atoms with Crippen molar-refractivity contribution in [2.24, 2.45) is 0 Å². The molecule has 2 N–H and O–H groups in total. The molecule has 2 amide bonds. The van der Waals surface area contributed by atoms with Crippen LogP contribution in [0.4, 0.5) is 4.79 Å². The molecule has 1 atom stereocenters. The van der Waals surface area contributed by atoms with E-state index in [2.05, 4.69) is 10.6 Å². The Kier molecular flexibility index (Phi) is 2.86. The second-order valence-electron chi connectivity index (χ2n) is 3.58. The maximum atomic E-state index is 11.7. The topological polar surface area (TPSA) is 80.6 Å². The van der Waals surface area contributed by atoms with Gasteiger partial charge in [0.2, 0.25) is 0 Å². The van der Waals surface area contributed by atoms with Crippen LogP contribution in [-0.4, -0.2) is 19.1 Å². The van der Waals surface area contributed by atoms with Gasteiger partial charge in [-0.25, -0.2) is 9.59 Å². The predicted molar refractivity (Wildman–Crippen MR) is 57.8 cm³/mol. The van der Waals surface area contributed by atoms with Crippen molar-refractivity contribution in [1.82, 2.24) is 10.6 Å². The van der Waals surface area contributed by atoms with Gasteiger partial charge in [-0.1, -0.05) is 0 Å². The summed E-state index contributed by atoms with van der Waals surface area (Å²) in [5.41, 5.74) is 0.795. The largest absolute Gasteiger partial charge is 0.467 e. The first-order valence-electron chi connectivity index (χ1n) is 5.03. The monoisotopic (exact) mass is 236 g/mol. The van der Waals surface area contributed by atoms with Crippen molar-refractivity contribution in [3.63, 3.8) is 0 Å². The average molecular weight is 236 g/mol. The van der Waals surface area contributed by atoms with E-state index < -0.39 is 12.0 Å². The standard InChI is InChI=1S/C11H12N2O4/c1-6-8(10(14)16-2)9(13-11(15)12-6)7-4-3-5-17-7/h3-5,9H,1-2H3,(H2,12,13,15)/t9-/m1/s1. The molecule has 0 saturated carbocycles. The van der Waals surface area contributed by atoms with Gasteiger partial charge in [-0.3, -0.25) is 0 Å². The van der Waals surface area contributed by atoms with Gasteiger partial charge in [-0.05, 0) is 19.1 Å². The third-order valence-corrected chi connectivity index (χ3v) is 2.50. The van der Waals surface area contributed by atoms with Crippen molar-refractivity contribution in [2.45, 2.75) is 13.0 Å². The Labute approximate surface area is 97.6 Å². The lowest BCUT2D eigenvalue weighted by molar-refractivity contribution is -0.136. The molecule has 0 spiro atoms. The van der Waals surface area contributed by atoms with E-state index in [1.54, 1.807) is 19.1 Å². The number of methoxy groups -OCH3 is 1. The van der Waals surface area contributed by atoms with Gasteiger partial charge in [0.05, 0.1) is 18.9 Å². The summed E-state index contributed by atoms with van der Waals surface area (Å²) in [5, 5.41) is 5.14. The minimum atomic E-state index is -0.619. The molecule has 1 aliphatic heterocycles. The van der Waals surface area contributed by atoms with Crippen LogP contribution in [0.1, 0.15) is 18.7 Å². The highest BCUT2D eigenvalue weighted by Crippen LogP contribution is 2.27. The Hall–Kier alpha value is -2.24. The number of esters is 1. The SMILES string of the molecule is COC(=O)C1=C(C)NC(=O)N[C@@H]1c1ccco1. The van der Waals surface area contributed by atoms with E-state index in [9.17, 15) is 9.59 Å². The molecule has 90 valence electrons. The molecule has 0 saturated heterocycles. The Balaban J connectivity index is 2.44. The minimum absolute atomic E-state index is 0.335. The number of carbonyl (C=O) groups excluding carboxylic acids is 2. The van der Waals surface area contributed by atoms with E-state index >= 15 is 0 Å². The molecular formula is C11H12N2O4. The number of rotatable bonds is 2. The van der Waals surface area contributed by atoms with Crippen LogP contribution in [0, 0.1) is 0 Å². The molecule has 6 heteroatoms. The number of furan rings is 1. The zero-order valence-corrected chi connectivity index (χ0v) is 9.44. The van der Waals surface area contributed by atoms with Gasteiger partial charge < -0.3 is 19.8 Å². The van der Waals surface area contributed by atoms with Crippen molar-refractivity contribution in [3.05, 3.63) is 35.4 Å². The molecule has 2 heterocycles. The predicted octanol–water partition coefficient (Wildman–Crippen LogP) is 1.08. The maximum Gasteiger partial charge on any atom is 0.338 e. The fourth-order valence-electron chi connectivity index (χ4n) is 1.74. The number of hydrogen-bond donors (Lipinski definition) is 2. The fraction of sp³-hybridized carbons (Fsp3) is 0.273. The summed E-state index contributed by atoms with van der Waals surface area (Å²) in [6.07, 6.45) is 1.48. The van der Waals surface area contributed by atoms with Crippen molar-refractivity contribution in [1.29, 1.82) is 0 Å². The lowest BCUT2D eigenvalue weighted by Crippen LogP contribution is -2.45. The molecule has 0 radical (unpaired) electrons. The molecule has 0 aromatic carbocycles. The number of ether oxygens (including phenoxy) is 1. The summed E-state index contributed by atoms with van der Waals surface area (Å²) >= 11 is 0. The van der Waals surface area contributed by atoms with E-state index in [0.29, 0.717) is 17.0 Å². The molecule has 1 aliphatic rings. The highest BCUT2D eigenvalue weighted by atomic mass is 16.5. The van der Waals surface area contributed by atoms with Crippen LogP contribution in [0.3, 0.4) is 0 Å². The quantitative estimate of drug-likeness (QED) is 0.753. The second kappa shape index (κ2) is 4.32. The molecule has 0 aliphatic carbocycles. The van der Waals surface area contributed by atoms with Gasteiger partial charge in [0, 0.05) is 5.70 Å². The number of allylic oxidation sites excluding steroid dienone is 1. The number of amides is 2. The molecule has 17 heavy (non-hydrogen) atoms. The van der Waals surface area contributed by atoms with Crippen LogP contribution < -0.4 is 10.6 Å². The highest BCUT2D eigenvalue weighted by Gasteiger charge is 2.33. The molecule has 2 rings (SSSR count). The summed E-state index contributed by atoms with van der Waals surface area (Å²) in [4.78, 5) is 23.1. The van der Waals surface area contributed by atoms with Gasteiger partial charge in [0.15, 0.2) is 0 Å². The number of nitrogens with one attached hydrogen (secondary N) is 2. The number of urea groups is 1. The third kappa shape index (κ3) is 2.01. The molecule has 0 fully saturated rings. The van der Waals surface area contributed by atoms with Crippen molar-refractivity contribution >= 4 is 12.0 Å². The third-order valence-electron chi connectivity index (χ3n) is 2.50. The van der Waals surface area contributed by atoms with Gasteiger partial charge in [-0.2, -0.15) is 0 Å². The van der Waals surface area contributed by atoms with Crippen molar-refractivity contribution < 1.29 is 18.7 Å². The van der Waals surface area contributed by atoms with Crippen molar-refractivity contribution in [2.75, 3.05) is 7.11 Å². The Morgan fingerprint density at radius 3 is 2.88 bits per heavy atom. The van der Waals surface area contributed by atoms with Gasteiger partial charge in [-0.15, -0.1) is 0 Å². The Bertz CT molecular complexity index is 476. The molecule has 6 nitrogen and oxygen atoms in total. The van der Waals surface area contributed by atoms with E-state index in [1.807, 2.05) is 0 Å². The van der Waals surface area contributed by atoms with Crippen LogP contribution in [0.25, 0.3) is 0 Å². The van der Waals surface area contributed by atoms with Crippen molar-refractivity contribution in [3.8, 4) is 0 Å². The lowest BCUT2D eigenvalue weighted by atomic mass is 10.0. The molecule has 0 unspecified atom stereocenters. The zero-order valence-electron chi connectivity index (χ0n) is 9.44. The maximum absolute atomic E-state index is 11.7. The Morgan fingerprint density at radius 2 is 2.29 bits per heavy atom.